The van der Waals surface area contributed by atoms with E-state index in [1.165, 1.54) is 7.11 Å². The molecule has 0 spiro atoms. The Labute approximate surface area is 152 Å². The van der Waals surface area contributed by atoms with Crippen LogP contribution in [-0.2, 0) is 22.7 Å². The summed E-state index contributed by atoms with van der Waals surface area (Å²) in [7, 11) is 1.43. The number of pyridine rings is 1. The lowest BCUT2D eigenvalue weighted by Gasteiger charge is -2.13. The average molecular weight is 374 g/mol. The van der Waals surface area contributed by atoms with Crippen LogP contribution in [0.2, 0.25) is 0 Å². The van der Waals surface area contributed by atoms with Gasteiger partial charge in [0.15, 0.2) is 0 Å². The Bertz CT molecular complexity index is 1010. The molecule has 0 saturated heterocycles. The van der Waals surface area contributed by atoms with Gasteiger partial charge >= 0.3 is 5.69 Å². The molecule has 0 atom stereocenters. The SMILES string of the molecule is COCc1cc(C)n(CC(=O)Nc2ccc(F)c([N+](=O)[O-])c2)c(=O)c1C#N. The predicted molar refractivity (Wildman–Crippen MR) is 92.6 cm³/mol. The Balaban J connectivity index is 2.29. The molecule has 0 aliphatic rings. The van der Waals surface area contributed by atoms with E-state index in [0.717, 1.165) is 22.8 Å². The second-order valence-electron chi connectivity index (χ2n) is 5.59. The topological polar surface area (TPSA) is 127 Å². The molecular weight excluding hydrogens is 359 g/mol. The van der Waals surface area contributed by atoms with Crippen LogP contribution in [0.15, 0.2) is 29.1 Å². The average Bonchev–Trinajstić information content (AvgIpc) is 2.60. The number of amides is 1. The van der Waals surface area contributed by atoms with Crippen molar-refractivity contribution in [3.05, 3.63) is 67.4 Å². The number of nitrogens with one attached hydrogen (secondary N) is 1. The van der Waals surface area contributed by atoms with E-state index in [1.807, 2.05) is 0 Å². The molecule has 0 saturated carbocycles. The molecule has 0 fully saturated rings. The summed E-state index contributed by atoms with van der Waals surface area (Å²) >= 11 is 0. The number of hydrogen-bond acceptors (Lipinski definition) is 6. The number of carbonyl (C=O) groups excluding carboxylic acids is 1. The smallest absolute Gasteiger partial charge is 0.306 e. The van der Waals surface area contributed by atoms with Crippen LogP contribution >= 0.6 is 0 Å². The number of aromatic nitrogens is 1. The fraction of sp³-hybridized carbons (Fsp3) is 0.235. The minimum atomic E-state index is -1.03. The van der Waals surface area contributed by atoms with Crippen molar-refractivity contribution in [1.29, 1.82) is 5.26 Å². The molecule has 0 radical (unpaired) electrons. The fourth-order valence-corrected chi connectivity index (χ4v) is 2.49. The van der Waals surface area contributed by atoms with E-state index in [4.69, 9.17) is 4.74 Å². The largest absolute Gasteiger partial charge is 0.380 e. The Hall–Kier alpha value is -3.58. The number of hydrogen-bond donors (Lipinski definition) is 1. The first-order chi connectivity index (χ1) is 12.8. The van der Waals surface area contributed by atoms with Gasteiger partial charge in [0, 0.05) is 30.1 Å². The molecule has 1 aromatic heterocycles. The van der Waals surface area contributed by atoms with Gasteiger partial charge < -0.3 is 14.6 Å². The van der Waals surface area contributed by atoms with Gasteiger partial charge in [-0.2, -0.15) is 9.65 Å². The predicted octanol–water partition coefficient (Wildman–Crippen LogP) is 1.86. The first-order valence-corrected chi connectivity index (χ1v) is 7.64. The highest BCUT2D eigenvalue weighted by molar-refractivity contribution is 5.91. The van der Waals surface area contributed by atoms with E-state index in [2.05, 4.69) is 5.32 Å². The summed E-state index contributed by atoms with van der Waals surface area (Å²) in [6, 6.07) is 6.28. The standard InChI is InChI=1S/C17H15FN4O5/c1-10-5-11(9-27-2)13(7-19)17(24)21(10)8-16(23)20-12-3-4-14(18)15(6-12)22(25)26/h3-6H,8-9H2,1-2H3,(H,20,23). The number of halogens is 1. The highest BCUT2D eigenvalue weighted by Crippen LogP contribution is 2.21. The summed E-state index contributed by atoms with van der Waals surface area (Å²) < 4.78 is 19.4. The van der Waals surface area contributed by atoms with Crippen LogP contribution in [0.5, 0.6) is 0 Å². The molecule has 27 heavy (non-hydrogen) atoms. The van der Waals surface area contributed by atoms with Crippen molar-refractivity contribution in [3.63, 3.8) is 0 Å². The van der Waals surface area contributed by atoms with E-state index in [0.29, 0.717) is 11.3 Å². The molecule has 9 nitrogen and oxygen atoms in total. The van der Waals surface area contributed by atoms with Crippen LogP contribution in [-0.4, -0.2) is 22.5 Å². The lowest BCUT2D eigenvalue weighted by atomic mass is 10.1. The highest BCUT2D eigenvalue weighted by Gasteiger charge is 2.17. The third-order valence-electron chi connectivity index (χ3n) is 3.73. The van der Waals surface area contributed by atoms with E-state index in [9.17, 15) is 29.4 Å². The number of nitro groups is 1. The molecule has 1 amide bonds. The maximum Gasteiger partial charge on any atom is 0.306 e. The molecule has 1 heterocycles. The second-order valence-corrected chi connectivity index (χ2v) is 5.59. The van der Waals surface area contributed by atoms with E-state index in [1.54, 1.807) is 19.1 Å². The summed E-state index contributed by atoms with van der Waals surface area (Å²) in [4.78, 5) is 34.5. The van der Waals surface area contributed by atoms with Crippen LogP contribution in [0, 0.1) is 34.2 Å². The Morgan fingerprint density at radius 2 is 2.15 bits per heavy atom. The zero-order valence-corrected chi connectivity index (χ0v) is 14.5. The molecule has 1 N–H and O–H groups in total. The van der Waals surface area contributed by atoms with Gasteiger partial charge in [0.05, 0.1) is 11.5 Å². The van der Waals surface area contributed by atoms with Crippen LogP contribution in [0.3, 0.4) is 0 Å². The monoisotopic (exact) mass is 374 g/mol. The minimum absolute atomic E-state index is 0.00955. The number of aryl methyl sites for hydroxylation is 1. The number of nitro benzene ring substituents is 1. The number of nitrogens with zero attached hydrogens (tertiary/aromatic N) is 3. The van der Waals surface area contributed by atoms with Crippen LogP contribution < -0.4 is 10.9 Å². The molecule has 2 rings (SSSR count). The summed E-state index contributed by atoms with van der Waals surface area (Å²) in [5, 5.41) is 22.3. The van der Waals surface area contributed by atoms with Gasteiger partial charge in [0.1, 0.15) is 18.2 Å². The molecule has 2 aromatic rings. The van der Waals surface area contributed by atoms with Crippen molar-refractivity contribution in [2.75, 3.05) is 12.4 Å². The van der Waals surface area contributed by atoms with Gasteiger partial charge in [-0.3, -0.25) is 19.7 Å². The third kappa shape index (κ3) is 4.34. The van der Waals surface area contributed by atoms with E-state index < -0.39 is 34.4 Å². The van der Waals surface area contributed by atoms with Crippen molar-refractivity contribution in [2.24, 2.45) is 0 Å². The first-order valence-electron chi connectivity index (χ1n) is 7.64. The molecule has 10 heteroatoms. The normalized spacial score (nSPS) is 10.3. The lowest BCUT2D eigenvalue weighted by Crippen LogP contribution is -2.31. The molecule has 140 valence electrons. The maximum atomic E-state index is 13.4. The lowest BCUT2D eigenvalue weighted by molar-refractivity contribution is -0.387. The molecule has 1 aromatic carbocycles. The van der Waals surface area contributed by atoms with Gasteiger partial charge in [-0.1, -0.05) is 0 Å². The number of ether oxygens (including phenoxy) is 1. The maximum absolute atomic E-state index is 13.4. The Morgan fingerprint density at radius 1 is 1.44 bits per heavy atom. The third-order valence-corrected chi connectivity index (χ3v) is 3.73. The number of carbonyl (C=O) groups is 1. The van der Waals surface area contributed by atoms with Crippen molar-refractivity contribution >= 4 is 17.3 Å². The summed E-state index contributed by atoms with van der Waals surface area (Å²) in [5.74, 6) is -1.69. The van der Waals surface area contributed by atoms with E-state index >= 15 is 0 Å². The fourth-order valence-electron chi connectivity index (χ4n) is 2.49. The number of benzene rings is 1. The zero-order valence-electron chi connectivity index (χ0n) is 14.5. The molecule has 0 unspecified atom stereocenters. The number of methoxy groups -OCH3 is 1. The van der Waals surface area contributed by atoms with Crippen molar-refractivity contribution in [1.82, 2.24) is 4.57 Å². The first kappa shape index (κ1) is 19.7. The Kier molecular flexibility index (Phi) is 5.99. The molecule has 0 bridgehead atoms. The molecule has 0 aliphatic carbocycles. The highest BCUT2D eigenvalue weighted by atomic mass is 19.1. The summed E-state index contributed by atoms with van der Waals surface area (Å²) in [5.41, 5.74) is -0.704. The minimum Gasteiger partial charge on any atom is -0.380 e. The van der Waals surface area contributed by atoms with Crippen LogP contribution in [0.4, 0.5) is 15.8 Å². The summed E-state index contributed by atoms with van der Waals surface area (Å²) in [6.45, 7) is 1.25. The van der Waals surface area contributed by atoms with E-state index in [-0.39, 0.29) is 17.9 Å². The quantitative estimate of drug-likeness (QED) is 0.607. The Morgan fingerprint density at radius 3 is 2.74 bits per heavy atom. The second kappa shape index (κ2) is 8.20. The summed E-state index contributed by atoms with van der Waals surface area (Å²) in [6.07, 6.45) is 0. The molecule has 0 aliphatic heterocycles. The van der Waals surface area contributed by atoms with Crippen molar-refractivity contribution in [2.45, 2.75) is 20.1 Å². The number of rotatable bonds is 6. The number of nitriles is 1. The molecular formula is C17H15FN4O5. The van der Waals surface area contributed by atoms with Gasteiger partial charge in [0.25, 0.3) is 5.56 Å². The van der Waals surface area contributed by atoms with Crippen LogP contribution in [0.25, 0.3) is 0 Å². The van der Waals surface area contributed by atoms with Crippen molar-refractivity contribution < 1.29 is 18.8 Å². The van der Waals surface area contributed by atoms with Crippen molar-refractivity contribution in [3.8, 4) is 6.07 Å². The zero-order chi connectivity index (χ0) is 20.1. The van der Waals surface area contributed by atoms with Gasteiger partial charge in [-0.05, 0) is 25.1 Å². The van der Waals surface area contributed by atoms with Gasteiger partial charge in [-0.15, -0.1) is 0 Å². The van der Waals surface area contributed by atoms with Crippen LogP contribution in [0.1, 0.15) is 16.8 Å². The number of anilines is 1. The van der Waals surface area contributed by atoms with Gasteiger partial charge in [-0.25, -0.2) is 0 Å². The van der Waals surface area contributed by atoms with Gasteiger partial charge in [0.2, 0.25) is 11.7 Å².